The summed E-state index contributed by atoms with van der Waals surface area (Å²) in [6.07, 6.45) is -1.38. The molecule has 0 unspecified atom stereocenters. The Hall–Kier alpha value is -3.50. The van der Waals surface area contributed by atoms with Gasteiger partial charge in [-0.3, -0.25) is 19.1 Å². The third-order valence-corrected chi connectivity index (χ3v) is 5.45. The van der Waals surface area contributed by atoms with Gasteiger partial charge in [0.1, 0.15) is 0 Å². The molecule has 0 aliphatic heterocycles. The molecule has 0 spiro atoms. The van der Waals surface area contributed by atoms with Crippen LogP contribution in [0.2, 0.25) is 5.02 Å². The molecule has 6 nitrogen and oxygen atoms in total. The molecule has 0 saturated heterocycles. The zero-order valence-electron chi connectivity index (χ0n) is 16.6. The predicted molar refractivity (Wildman–Crippen MR) is 120 cm³/mol. The summed E-state index contributed by atoms with van der Waals surface area (Å²) in [5, 5.41) is 2.80. The molecule has 4 rings (SSSR count). The molecule has 0 bridgehead atoms. The van der Waals surface area contributed by atoms with Crippen molar-refractivity contribution in [2.75, 3.05) is 0 Å². The lowest BCUT2D eigenvalue weighted by molar-refractivity contribution is -0.137. The largest absolute Gasteiger partial charge is 0.416 e. The van der Waals surface area contributed by atoms with Gasteiger partial charge in [0, 0.05) is 24.5 Å². The lowest BCUT2D eigenvalue weighted by Crippen LogP contribution is -2.24. The van der Waals surface area contributed by atoms with E-state index in [1.54, 1.807) is 18.5 Å². The number of nitrogens with zero attached hydrogens (tertiary/aromatic N) is 2. The van der Waals surface area contributed by atoms with E-state index in [0.717, 1.165) is 28.3 Å². The first-order chi connectivity index (χ1) is 15.6. The van der Waals surface area contributed by atoms with Crippen LogP contribution >= 0.6 is 23.8 Å². The van der Waals surface area contributed by atoms with E-state index in [1.165, 1.54) is 18.2 Å². The van der Waals surface area contributed by atoms with Crippen molar-refractivity contribution >= 4 is 40.6 Å². The number of rotatable bonds is 4. The number of halogens is 4. The summed E-state index contributed by atoms with van der Waals surface area (Å²) in [6, 6.07) is 10.5. The molecule has 2 heterocycles. The summed E-state index contributed by atoms with van der Waals surface area (Å²) in [7, 11) is 0. The first kappa shape index (κ1) is 22.7. The second-order valence-corrected chi connectivity index (χ2v) is 7.83. The van der Waals surface area contributed by atoms with E-state index < -0.39 is 17.3 Å². The summed E-state index contributed by atoms with van der Waals surface area (Å²) in [5.74, 6) is -0.384. The van der Waals surface area contributed by atoms with Crippen LogP contribution in [0.4, 0.5) is 13.2 Å². The van der Waals surface area contributed by atoms with E-state index in [-0.39, 0.29) is 44.4 Å². The van der Waals surface area contributed by atoms with Crippen molar-refractivity contribution in [1.29, 1.82) is 0 Å². The Labute approximate surface area is 194 Å². The van der Waals surface area contributed by atoms with Crippen LogP contribution in [-0.4, -0.2) is 20.4 Å². The van der Waals surface area contributed by atoms with Crippen LogP contribution in [0.3, 0.4) is 0 Å². The van der Waals surface area contributed by atoms with E-state index in [4.69, 9.17) is 23.8 Å². The molecule has 0 fully saturated rings. The molecule has 0 aliphatic carbocycles. The Morgan fingerprint density at radius 3 is 2.67 bits per heavy atom. The molecule has 2 aromatic heterocycles. The highest BCUT2D eigenvalue weighted by Crippen LogP contribution is 2.33. The van der Waals surface area contributed by atoms with Crippen LogP contribution in [0.1, 0.15) is 21.5 Å². The van der Waals surface area contributed by atoms with Crippen molar-refractivity contribution in [2.24, 2.45) is 0 Å². The fraction of sp³-hybridized carbons (Fsp3) is 0.0909. The zero-order valence-corrected chi connectivity index (χ0v) is 18.2. The minimum atomic E-state index is -4.62. The van der Waals surface area contributed by atoms with Gasteiger partial charge in [0.15, 0.2) is 4.77 Å². The van der Waals surface area contributed by atoms with Gasteiger partial charge >= 0.3 is 6.18 Å². The van der Waals surface area contributed by atoms with E-state index in [1.807, 2.05) is 6.07 Å². The highest BCUT2D eigenvalue weighted by molar-refractivity contribution is 7.71. The fourth-order valence-electron chi connectivity index (χ4n) is 3.23. The Balaban J connectivity index is 1.73. The summed E-state index contributed by atoms with van der Waals surface area (Å²) < 4.78 is 40.2. The van der Waals surface area contributed by atoms with Gasteiger partial charge in [0.25, 0.3) is 11.5 Å². The summed E-state index contributed by atoms with van der Waals surface area (Å²) >= 11 is 11.3. The van der Waals surface area contributed by atoms with E-state index >= 15 is 0 Å². The van der Waals surface area contributed by atoms with Crippen LogP contribution in [0.5, 0.6) is 0 Å². The minimum Gasteiger partial charge on any atom is -0.348 e. The van der Waals surface area contributed by atoms with Gasteiger partial charge in [-0.15, -0.1) is 0 Å². The Morgan fingerprint density at radius 1 is 1.18 bits per heavy atom. The molecular weight excluding hydrogens is 477 g/mol. The number of amides is 1. The number of hydrogen-bond donors (Lipinski definition) is 2. The molecule has 0 aliphatic rings. The molecular formula is C22H14ClF3N4O2S. The maximum absolute atomic E-state index is 13.2. The topological polar surface area (TPSA) is 79.8 Å². The molecule has 33 heavy (non-hydrogen) atoms. The number of hydrogen-bond acceptors (Lipinski definition) is 4. The highest BCUT2D eigenvalue weighted by atomic mass is 35.5. The molecule has 4 aromatic rings. The molecule has 2 aromatic carbocycles. The zero-order chi connectivity index (χ0) is 23.8. The van der Waals surface area contributed by atoms with Gasteiger partial charge < -0.3 is 10.3 Å². The maximum atomic E-state index is 13.2. The number of alkyl halides is 3. The standard InChI is InChI=1S/C22H14ClF3N4O2S/c23-16-6-4-14(22(24,25)26)9-18(16)30-20(32)15-5-3-13(8-17(15)29-21(30)33)19(31)28-11-12-2-1-7-27-10-12/h1-10H,11H2,(H,28,31)(H,29,33). The van der Waals surface area contributed by atoms with Crippen LogP contribution < -0.4 is 10.9 Å². The molecule has 0 radical (unpaired) electrons. The second kappa shape index (κ2) is 8.80. The van der Waals surface area contributed by atoms with Crippen molar-refractivity contribution in [3.05, 3.63) is 97.8 Å². The van der Waals surface area contributed by atoms with Crippen molar-refractivity contribution in [1.82, 2.24) is 19.9 Å². The van der Waals surface area contributed by atoms with Gasteiger partial charge in [0.2, 0.25) is 0 Å². The first-order valence-corrected chi connectivity index (χ1v) is 10.3. The molecule has 168 valence electrons. The summed E-state index contributed by atoms with van der Waals surface area (Å²) in [4.78, 5) is 32.4. The van der Waals surface area contributed by atoms with Crippen LogP contribution in [0.15, 0.2) is 65.7 Å². The Kier molecular flexibility index (Phi) is 6.05. The third-order valence-electron chi connectivity index (χ3n) is 4.85. The first-order valence-electron chi connectivity index (χ1n) is 9.48. The van der Waals surface area contributed by atoms with E-state index in [2.05, 4.69) is 15.3 Å². The van der Waals surface area contributed by atoms with Gasteiger partial charge in [-0.2, -0.15) is 13.2 Å². The SMILES string of the molecule is O=C(NCc1cccnc1)c1ccc2c(=O)n(-c3cc(C(F)(F)F)ccc3Cl)c(=S)[nH]c2c1. The van der Waals surface area contributed by atoms with Crippen LogP contribution in [0, 0.1) is 4.77 Å². The molecule has 0 atom stereocenters. The number of carbonyl (C=O) groups is 1. The third kappa shape index (κ3) is 4.67. The lowest BCUT2D eigenvalue weighted by atomic mass is 10.1. The number of pyridine rings is 1. The minimum absolute atomic E-state index is 0.0738. The average molecular weight is 491 g/mol. The highest BCUT2D eigenvalue weighted by Gasteiger charge is 2.31. The van der Waals surface area contributed by atoms with Crippen LogP contribution in [-0.2, 0) is 12.7 Å². The van der Waals surface area contributed by atoms with Crippen molar-refractivity contribution in [3.63, 3.8) is 0 Å². The van der Waals surface area contributed by atoms with Gasteiger partial charge in [-0.05, 0) is 60.2 Å². The molecule has 0 saturated carbocycles. The van der Waals surface area contributed by atoms with Crippen molar-refractivity contribution in [3.8, 4) is 5.69 Å². The number of carbonyl (C=O) groups excluding carboxylic acids is 1. The maximum Gasteiger partial charge on any atom is 0.416 e. The summed E-state index contributed by atoms with van der Waals surface area (Å²) in [6.45, 7) is 0.260. The number of nitrogens with one attached hydrogen (secondary N) is 2. The molecule has 11 heteroatoms. The fourth-order valence-corrected chi connectivity index (χ4v) is 3.72. The molecule has 1 amide bonds. The van der Waals surface area contributed by atoms with Crippen LogP contribution in [0.25, 0.3) is 16.6 Å². The number of fused-ring (bicyclic) bond motifs is 1. The molecule has 2 N–H and O–H groups in total. The number of H-pyrrole nitrogens is 1. The van der Waals surface area contributed by atoms with Gasteiger partial charge in [-0.1, -0.05) is 17.7 Å². The van der Waals surface area contributed by atoms with E-state index in [9.17, 15) is 22.8 Å². The van der Waals surface area contributed by atoms with E-state index in [0.29, 0.717) is 0 Å². The van der Waals surface area contributed by atoms with Crippen molar-refractivity contribution < 1.29 is 18.0 Å². The number of aromatic nitrogens is 3. The van der Waals surface area contributed by atoms with Gasteiger partial charge in [-0.25, -0.2) is 0 Å². The predicted octanol–water partition coefficient (Wildman–Crippen LogP) is 5.05. The smallest absolute Gasteiger partial charge is 0.348 e. The summed E-state index contributed by atoms with van der Waals surface area (Å²) in [5.41, 5.74) is -0.490. The average Bonchev–Trinajstić information content (AvgIpc) is 2.78. The second-order valence-electron chi connectivity index (χ2n) is 7.04. The lowest BCUT2D eigenvalue weighted by Gasteiger charge is -2.13. The normalized spacial score (nSPS) is 11.5. The number of benzene rings is 2. The Morgan fingerprint density at radius 2 is 1.97 bits per heavy atom. The quantitative estimate of drug-likeness (QED) is 0.392. The van der Waals surface area contributed by atoms with Gasteiger partial charge in [0.05, 0.1) is 27.2 Å². The monoisotopic (exact) mass is 490 g/mol. The number of aromatic amines is 1. The Bertz CT molecular complexity index is 1480. The van der Waals surface area contributed by atoms with Crippen molar-refractivity contribution in [2.45, 2.75) is 12.7 Å².